The molecule has 1 atom stereocenters. The molecule has 0 spiro atoms. The van der Waals surface area contributed by atoms with E-state index in [0.29, 0.717) is 23.5 Å². The molecule has 2 fully saturated rings. The number of thiocarbonyl (C=S) groups is 1. The zero-order valence-electron chi connectivity index (χ0n) is 21.2. The first-order valence-corrected chi connectivity index (χ1v) is 13.5. The van der Waals surface area contributed by atoms with Gasteiger partial charge in [0, 0.05) is 37.8 Å². The first-order valence-electron chi connectivity index (χ1n) is 13.1. The van der Waals surface area contributed by atoms with Crippen molar-refractivity contribution in [1.82, 2.24) is 15.3 Å². The van der Waals surface area contributed by atoms with Gasteiger partial charge in [0.2, 0.25) is 5.95 Å². The average molecular weight is 505 g/mol. The number of anilines is 3. The van der Waals surface area contributed by atoms with E-state index in [0.717, 1.165) is 60.8 Å². The quantitative estimate of drug-likeness (QED) is 0.415. The van der Waals surface area contributed by atoms with Gasteiger partial charge in [0.15, 0.2) is 5.11 Å². The van der Waals surface area contributed by atoms with Crippen LogP contribution in [0, 0.1) is 11.8 Å². The van der Waals surface area contributed by atoms with Crippen molar-refractivity contribution < 1.29 is 4.42 Å². The lowest BCUT2D eigenvalue weighted by molar-refractivity contribution is 0.435. The van der Waals surface area contributed by atoms with Gasteiger partial charge in [-0.05, 0) is 61.9 Å². The molecule has 0 unspecified atom stereocenters. The van der Waals surface area contributed by atoms with Crippen LogP contribution in [0.25, 0.3) is 11.3 Å². The minimum Gasteiger partial charge on any atom is -0.459 e. The van der Waals surface area contributed by atoms with Gasteiger partial charge in [-0.2, -0.15) is 9.97 Å². The van der Waals surface area contributed by atoms with E-state index in [1.165, 1.54) is 25.7 Å². The van der Waals surface area contributed by atoms with Gasteiger partial charge in [-0.25, -0.2) is 0 Å². The Kier molecular flexibility index (Phi) is 7.70. The number of hydrogen-bond acceptors (Lipinski definition) is 6. The molecule has 0 saturated carbocycles. The molecule has 1 aromatic carbocycles. The minimum atomic E-state index is 0.482. The Labute approximate surface area is 219 Å². The van der Waals surface area contributed by atoms with Crippen LogP contribution in [0.1, 0.15) is 45.3 Å². The Hall–Kier alpha value is -3.13. The monoisotopic (exact) mass is 504 g/mol. The third kappa shape index (κ3) is 6.16. The van der Waals surface area contributed by atoms with E-state index in [-0.39, 0.29) is 0 Å². The third-order valence-electron chi connectivity index (χ3n) is 7.16. The maximum Gasteiger partial charge on any atom is 0.232 e. The number of nitrogens with one attached hydrogen (secondary N) is 2. The van der Waals surface area contributed by atoms with Crippen molar-refractivity contribution >= 4 is 34.9 Å². The summed E-state index contributed by atoms with van der Waals surface area (Å²) in [6.07, 6.45) is 4.85. The fourth-order valence-corrected chi connectivity index (χ4v) is 5.14. The molecule has 0 aliphatic carbocycles. The van der Waals surface area contributed by atoms with Gasteiger partial charge in [-0.15, -0.1) is 0 Å². The molecule has 7 nitrogen and oxygen atoms in total. The molecule has 190 valence electrons. The molecule has 0 radical (unpaired) electrons. The van der Waals surface area contributed by atoms with Crippen LogP contribution in [0.3, 0.4) is 0 Å². The standard InChI is InChI=1S/C28H36N6OS/c1-20-12-15-33(16-13-20)25-17-26(34-14-6-7-21(2)19-34)31-27(30-25)32-28(36)29-18-23-10-11-24(35-23)22-8-4-3-5-9-22/h3-5,8-11,17,20-21H,6-7,12-16,18-19H2,1-2H3,(H2,29,30,31,32,36)/t21-/m1/s1. The molecule has 2 N–H and O–H groups in total. The fraction of sp³-hybridized carbons (Fsp3) is 0.464. The van der Waals surface area contributed by atoms with Crippen LogP contribution in [-0.4, -0.2) is 41.3 Å². The molecule has 2 aliphatic rings. The highest BCUT2D eigenvalue weighted by atomic mass is 32.1. The van der Waals surface area contributed by atoms with Crippen LogP contribution in [0.2, 0.25) is 0 Å². The van der Waals surface area contributed by atoms with Gasteiger partial charge in [0.05, 0.1) is 6.54 Å². The Bertz CT molecular complexity index is 1160. The zero-order valence-corrected chi connectivity index (χ0v) is 22.1. The number of piperidine rings is 2. The molecule has 3 aromatic rings. The summed E-state index contributed by atoms with van der Waals surface area (Å²) in [5.74, 6) is 5.60. The van der Waals surface area contributed by atoms with Gasteiger partial charge < -0.3 is 24.9 Å². The summed E-state index contributed by atoms with van der Waals surface area (Å²) in [7, 11) is 0. The zero-order chi connectivity index (χ0) is 24.9. The molecule has 8 heteroatoms. The lowest BCUT2D eigenvalue weighted by Crippen LogP contribution is -2.37. The summed E-state index contributed by atoms with van der Waals surface area (Å²) in [6, 6.07) is 16.2. The van der Waals surface area contributed by atoms with Gasteiger partial charge in [0.1, 0.15) is 23.2 Å². The van der Waals surface area contributed by atoms with E-state index in [1.807, 2.05) is 42.5 Å². The molecular weight excluding hydrogens is 468 g/mol. The van der Waals surface area contributed by atoms with Crippen LogP contribution < -0.4 is 20.4 Å². The molecule has 0 bridgehead atoms. The average Bonchev–Trinajstić information content (AvgIpc) is 3.37. The first-order chi connectivity index (χ1) is 17.5. The number of nitrogens with zero attached hydrogens (tertiary/aromatic N) is 4. The Morgan fingerprint density at radius 3 is 2.44 bits per heavy atom. The number of aromatic nitrogens is 2. The second-order valence-electron chi connectivity index (χ2n) is 10.2. The van der Waals surface area contributed by atoms with E-state index in [4.69, 9.17) is 26.6 Å². The summed E-state index contributed by atoms with van der Waals surface area (Å²) >= 11 is 5.60. The normalized spacial score (nSPS) is 18.8. The Balaban J connectivity index is 1.27. The second kappa shape index (κ2) is 11.3. The summed E-state index contributed by atoms with van der Waals surface area (Å²) in [4.78, 5) is 14.5. The maximum atomic E-state index is 5.99. The maximum absolute atomic E-state index is 5.99. The fourth-order valence-electron chi connectivity index (χ4n) is 4.98. The molecule has 36 heavy (non-hydrogen) atoms. The first kappa shape index (κ1) is 24.6. The van der Waals surface area contributed by atoms with E-state index in [9.17, 15) is 0 Å². The SMILES string of the molecule is CC1CCN(c2cc(N3CCC[C@@H](C)C3)nc(NC(=S)NCc3ccc(-c4ccccc4)o3)n2)CC1. The molecule has 4 heterocycles. The van der Waals surface area contributed by atoms with Crippen molar-refractivity contribution in [3.8, 4) is 11.3 Å². The topological polar surface area (TPSA) is 69.5 Å². The van der Waals surface area contributed by atoms with Gasteiger partial charge >= 0.3 is 0 Å². The number of rotatable bonds is 6. The smallest absolute Gasteiger partial charge is 0.232 e. The van der Waals surface area contributed by atoms with E-state index in [1.54, 1.807) is 0 Å². The summed E-state index contributed by atoms with van der Waals surface area (Å²) in [5, 5.41) is 6.96. The van der Waals surface area contributed by atoms with Crippen molar-refractivity contribution in [2.75, 3.05) is 41.3 Å². The van der Waals surface area contributed by atoms with Gasteiger partial charge in [-0.3, -0.25) is 0 Å². The molecule has 2 aliphatic heterocycles. The van der Waals surface area contributed by atoms with Crippen LogP contribution in [0.15, 0.2) is 52.9 Å². The van der Waals surface area contributed by atoms with Crippen LogP contribution >= 0.6 is 12.2 Å². The highest BCUT2D eigenvalue weighted by molar-refractivity contribution is 7.80. The number of benzene rings is 1. The molecule has 0 amide bonds. The Morgan fingerprint density at radius 2 is 1.69 bits per heavy atom. The summed E-state index contributed by atoms with van der Waals surface area (Å²) in [5.41, 5.74) is 1.06. The minimum absolute atomic E-state index is 0.482. The van der Waals surface area contributed by atoms with E-state index >= 15 is 0 Å². The third-order valence-corrected chi connectivity index (χ3v) is 7.40. The van der Waals surface area contributed by atoms with Crippen molar-refractivity contribution in [3.63, 3.8) is 0 Å². The van der Waals surface area contributed by atoms with Crippen molar-refractivity contribution in [3.05, 3.63) is 54.3 Å². The number of hydrogen-bond donors (Lipinski definition) is 2. The number of furan rings is 1. The van der Waals surface area contributed by atoms with E-state index in [2.05, 4.69) is 40.3 Å². The highest BCUT2D eigenvalue weighted by Crippen LogP contribution is 2.28. The van der Waals surface area contributed by atoms with E-state index < -0.39 is 0 Å². The largest absolute Gasteiger partial charge is 0.459 e. The van der Waals surface area contributed by atoms with Crippen molar-refractivity contribution in [2.45, 2.75) is 46.1 Å². The van der Waals surface area contributed by atoms with Gasteiger partial charge in [0.25, 0.3) is 0 Å². The molecular formula is C28H36N6OS. The summed E-state index contributed by atoms with van der Waals surface area (Å²) < 4.78 is 5.99. The predicted molar refractivity (Wildman–Crippen MR) is 150 cm³/mol. The van der Waals surface area contributed by atoms with Gasteiger partial charge in [-0.1, -0.05) is 44.2 Å². The van der Waals surface area contributed by atoms with Crippen LogP contribution in [0.5, 0.6) is 0 Å². The lowest BCUT2D eigenvalue weighted by Gasteiger charge is -2.34. The molecule has 2 aromatic heterocycles. The molecule has 5 rings (SSSR count). The van der Waals surface area contributed by atoms with Crippen LogP contribution in [-0.2, 0) is 6.54 Å². The Morgan fingerprint density at radius 1 is 0.944 bits per heavy atom. The predicted octanol–water partition coefficient (Wildman–Crippen LogP) is 5.70. The van der Waals surface area contributed by atoms with Crippen LogP contribution in [0.4, 0.5) is 17.6 Å². The van der Waals surface area contributed by atoms with Crippen molar-refractivity contribution in [1.29, 1.82) is 0 Å². The lowest BCUT2D eigenvalue weighted by atomic mass is 9.99. The second-order valence-corrected chi connectivity index (χ2v) is 10.6. The van der Waals surface area contributed by atoms with Crippen molar-refractivity contribution in [2.24, 2.45) is 11.8 Å². The highest BCUT2D eigenvalue weighted by Gasteiger charge is 2.22. The molecule has 2 saturated heterocycles. The summed E-state index contributed by atoms with van der Waals surface area (Å²) in [6.45, 7) is 9.24.